The second kappa shape index (κ2) is 4.45. The quantitative estimate of drug-likeness (QED) is 0.636. The van der Waals surface area contributed by atoms with E-state index in [1.165, 1.54) is 51.6 Å². The van der Waals surface area contributed by atoms with E-state index in [0.29, 0.717) is 5.54 Å². The van der Waals surface area contributed by atoms with Gasteiger partial charge in [0.05, 0.1) is 0 Å². The van der Waals surface area contributed by atoms with Crippen LogP contribution in [0.1, 0.15) is 59.3 Å². The van der Waals surface area contributed by atoms with Gasteiger partial charge in [0.25, 0.3) is 0 Å². The molecule has 0 N–H and O–H groups in total. The van der Waals surface area contributed by atoms with Crippen molar-refractivity contribution < 1.29 is 0 Å². The fraction of sp³-hybridized carbons (Fsp3) is 1.00. The zero-order chi connectivity index (χ0) is 10.9. The number of hydrogen-bond donors (Lipinski definition) is 0. The van der Waals surface area contributed by atoms with Gasteiger partial charge in [-0.15, -0.1) is 0 Å². The SMILES string of the molecule is CC1CC(C)CC(C)(N2CCCCC2)C1. The maximum Gasteiger partial charge on any atom is 0.0186 e. The van der Waals surface area contributed by atoms with Crippen molar-refractivity contribution in [1.29, 1.82) is 0 Å². The molecular weight excluding hydrogens is 182 g/mol. The summed E-state index contributed by atoms with van der Waals surface area (Å²) in [6.07, 6.45) is 8.62. The third-order valence-electron chi connectivity index (χ3n) is 4.50. The minimum absolute atomic E-state index is 0.525. The van der Waals surface area contributed by atoms with Crippen LogP contribution in [0, 0.1) is 11.8 Å². The Morgan fingerprint density at radius 1 is 0.933 bits per heavy atom. The van der Waals surface area contributed by atoms with Gasteiger partial charge in [-0.25, -0.2) is 0 Å². The molecule has 1 saturated carbocycles. The molecule has 88 valence electrons. The Kier molecular flexibility index (Phi) is 3.39. The number of nitrogens with zero attached hydrogens (tertiary/aromatic N) is 1. The highest BCUT2D eigenvalue weighted by molar-refractivity contribution is 4.94. The molecule has 1 aliphatic carbocycles. The first-order valence-corrected chi connectivity index (χ1v) is 6.85. The Balaban J connectivity index is 2.02. The molecule has 1 nitrogen and oxygen atoms in total. The molecule has 1 heterocycles. The van der Waals surface area contributed by atoms with Crippen LogP contribution in [0.2, 0.25) is 0 Å². The van der Waals surface area contributed by atoms with E-state index >= 15 is 0 Å². The first kappa shape index (κ1) is 11.4. The molecule has 2 rings (SSSR count). The highest BCUT2D eigenvalue weighted by atomic mass is 15.2. The second-order valence-electron chi connectivity index (χ2n) is 6.40. The van der Waals surface area contributed by atoms with Gasteiger partial charge in [0.15, 0.2) is 0 Å². The molecular formula is C14H27N. The highest BCUT2D eigenvalue weighted by Crippen LogP contribution is 2.40. The van der Waals surface area contributed by atoms with Crippen LogP contribution in [-0.2, 0) is 0 Å². The fourth-order valence-corrected chi connectivity index (χ4v) is 4.13. The van der Waals surface area contributed by atoms with Gasteiger partial charge in [0.2, 0.25) is 0 Å². The number of piperidine rings is 1. The Hall–Kier alpha value is -0.0400. The number of likely N-dealkylation sites (tertiary alicyclic amines) is 1. The molecule has 0 radical (unpaired) electrons. The lowest BCUT2D eigenvalue weighted by Gasteiger charge is -2.49. The fourth-order valence-electron chi connectivity index (χ4n) is 4.13. The van der Waals surface area contributed by atoms with E-state index in [9.17, 15) is 0 Å². The second-order valence-corrected chi connectivity index (χ2v) is 6.40. The van der Waals surface area contributed by atoms with E-state index in [1.54, 1.807) is 0 Å². The predicted octanol–water partition coefficient (Wildman–Crippen LogP) is 3.69. The maximum absolute atomic E-state index is 2.79. The van der Waals surface area contributed by atoms with Crippen molar-refractivity contribution in [3.8, 4) is 0 Å². The van der Waals surface area contributed by atoms with Crippen molar-refractivity contribution in [3.05, 3.63) is 0 Å². The van der Waals surface area contributed by atoms with Crippen molar-refractivity contribution in [2.24, 2.45) is 11.8 Å². The lowest BCUT2D eigenvalue weighted by atomic mass is 9.71. The average Bonchev–Trinajstić information content (AvgIpc) is 2.17. The van der Waals surface area contributed by atoms with Crippen molar-refractivity contribution in [2.75, 3.05) is 13.1 Å². The molecule has 15 heavy (non-hydrogen) atoms. The lowest BCUT2D eigenvalue weighted by molar-refractivity contribution is 0.0143. The van der Waals surface area contributed by atoms with E-state index in [0.717, 1.165) is 11.8 Å². The van der Waals surface area contributed by atoms with E-state index < -0.39 is 0 Å². The van der Waals surface area contributed by atoms with E-state index in [1.807, 2.05) is 0 Å². The molecule has 0 amide bonds. The van der Waals surface area contributed by atoms with Crippen molar-refractivity contribution in [2.45, 2.75) is 64.8 Å². The smallest absolute Gasteiger partial charge is 0.0186 e. The van der Waals surface area contributed by atoms with Crippen LogP contribution in [0.3, 0.4) is 0 Å². The van der Waals surface area contributed by atoms with E-state index in [4.69, 9.17) is 0 Å². The van der Waals surface area contributed by atoms with Gasteiger partial charge in [-0.05, 0) is 64.0 Å². The minimum Gasteiger partial charge on any atom is -0.298 e. The third kappa shape index (κ3) is 2.55. The molecule has 0 bridgehead atoms. The molecule has 0 aromatic rings. The van der Waals surface area contributed by atoms with Crippen molar-refractivity contribution >= 4 is 0 Å². The van der Waals surface area contributed by atoms with Gasteiger partial charge >= 0.3 is 0 Å². The van der Waals surface area contributed by atoms with Crippen molar-refractivity contribution in [1.82, 2.24) is 4.90 Å². The van der Waals surface area contributed by atoms with Crippen LogP contribution in [-0.4, -0.2) is 23.5 Å². The van der Waals surface area contributed by atoms with Crippen LogP contribution < -0.4 is 0 Å². The normalized spacial score (nSPS) is 44.2. The summed E-state index contributed by atoms with van der Waals surface area (Å²) in [5.41, 5.74) is 0.525. The zero-order valence-corrected chi connectivity index (χ0v) is 10.8. The van der Waals surface area contributed by atoms with Crippen LogP contribution in [0.4, 0.5) is 0 Å². The predicted molar refractivity (Wildman–Crippen MR) is 66.0 cm³/mol. The third-order valence-corrected chi connectivity index (χ3v) is 4.50. The molecule has 0 spiro atoms. The van der Waals surface area contributed by atoms with Gasteiger partial charge in [-0.2, -0.15) is 0 Å². The van der Waals surface area contributed by atoms with E-state index in [2.05, 4.69) is 25.7 Å². The molecule has 2 unspecified atom stereocenters. The highest BCUT2D eigenvalue weighted by Gasteiger charge is 2.38. The standard InChI is InChI=1S/C14H27N/c1-12-9-13(2)11-14(3,10-12)15-7-5-4-6-8-15/h12-13H,4-11H2,1-3H3. The minimum atomic E-state index is 0.525. The summed E-state index contributed by atoms with van der Waals surface area (Å²) < 4.78 is 0. The maximum atomic E-state index is 2.79. The Labute approximate surface area is 95.2 Å². The van der Waals surface area contributed by atoms with Crippen LogP contribution in [0.5, 0.6) is 0 Å². The summed E-state index contributed by atoms with van der Waals surface area (Å²) in [4.78, 5) is 2.79. The van der Waals surface area contributed by atoms with Crippen molar-refractivity contribution in [3.63, 3.8) is 0 Å². The Bertz CT molecular complexity index is 195. The van der Waals surface area contributed by atoms with Crippen LogP contribution in [0.15, 0.2) is 0 Å². The largest absolute Gasteiger partial charge is 0.298 e. The molecule has 0 aromatic heterocycles. The molecule has 0 aromatic carbocycles. The molecule has 2 aliphatic rings. The summed E-state index contributed by atoms with van der Waals surface area (Å²) in [5.74, 6) is 1.86. The monoisotopic (exact) mass is 209 g/mol. The zero-order valence-electron chi connectivity index (χ0n) is 10.8. The summed E-state index contributed by atoms with van der Waals surface area (Å²) in [5, 5.41) is 0. The van der Waals surface area contributed by atoms with Crippen LogP contribution >= 0.6 is 0 Å². The van der Waals surface area contributed by atoms with Gasteiger partial charge in [0.1, 0.15) is 0 Å². The molecule has 1 aliphatic heterocycles. The molecule has 1 heteroatoms. The molecule has 2 atom stereocenters. The first-order chi connectivity index (χ1) is 7.10. The summed E-state index contributed by atoms with van der Waals surface area (Å²) in [7, 11) is 0. The Morgan fingerprint density at radius 2 is 1.47 bits per heavy atom. The summed E-state index contributed by atoms with van der Waals surface area (Å²) in [6, 6.07) is 0. The Morgan fingerprint density at radius 3 is 2.00 bits per heavy atom. The molecule has 1 saturated heterocycles. The van der Waals surface area contributed by atoms with Gasteiger partial charge < -0.3 is 0 Å². The summed E-state index contributed by atoms with van der Waals surface area (Å²) >= 11 is 0. The molecule has 2 fully saturated rings. The average molecular weight is 209 g/mol. The van der Waals surface area contributed by atoms with Crippen LogP contribution in [0.25, 0.3) is 0 Å². The number of hydrogen-bond acceptors (Lipinski definition) is 1. The van der Waals surface area contributed by atoms with Gasteiger partial charge in [-0.1, -0.05) is 20.3 Å². The lowest BCUT2D eigenvalue weighted by Crippen LogP contribution is -2.52. The first-order valence-electron chi connectivity index (χ1n) is 6.85. The topological polar surface area (TPSA) is 3.24 Å². The van der Waals surface area contributed by atoms with Gasteiger partial charge in [0, 0.05) is 5.54 Å². The van der Waals surface area contributed by atoms with Gasteiger partial charge in [-0.3, -0.25) is 4.90 Å². The van der Waals surface area contributed by atoms with E-state index in [-0.39, 0.29) is 0 Å². The summed E-state index contributed by atoms with van der Waals surface area (Å²) in [6.45, 7) is 10.1. The number of rotatable bonds is 1.